The number of aromatic nitrogens is 4. The first-order valence-corrected chi connectivity index (χ1v) is 18.1. The molecule has 0 bridgehead atoms. The zero-order valence-corrected chi connectivity index (χ0v) is 34.0. The number of hydrogen-bond acceptors (Lipinski definition) is 3. The maximum Gasteiger partial charge on any atom is 0.120 e. The van der Waals surface area contributed by atoms with Gasteiger partial charge in [-0.3, -0.25) is 0 Å². The van der Waals surface area contributed by atoms with Crippen LogP contribution in [0.15, 0.2) is 97.3 Å². The van der Waals surface area contributed by atoms with Crippen molar-refractivity contribution >= 4 is 23.3 Å². The first-order chi connectivity index (χ1) is 24.3. The van der Waals surface area contributed by atoms with Gasteiger partial charge in [0.1, 0.15) is 5.82 Å². The third-order valence-electron chi connectivity index (χ3n) is 9.72. The monoisotopic (exact) mass is 861 g/mol. The average molecular weight is 861 g/mol. The molecule has 3 aromatic carbocycles. The van der Waals surface area contributed by atoms with Crippen LogP contribution in [0.2, 0.25) is 0 Å². The van der Waals surface area contributed by atoms with Crippen molar-refractivity contribution in [3.05, 3.63) is 149 Å². The van der Waals surface area contributed by atoms with E-state index in [4.69, 9.17) is 9.97 Å². The van der Waals surface area contributed by atoms with Crippen LogP contribution in [0.1, 0.15) is 86.7 Å². The quantitative estimate of drug-likeness (QED) is 0.166. The summed E-state index contributed by atoms with van der Waals surface area (Å²) < 4.78 is 2.25. The molecule has 6 aromatic rings. The van der Waals surface area contributed by atoms with Crippen LogP contribution in [0.3, 0.4) is 0 Å². The molecule has 0 amide bonds. The van der Waals surface area contributed by atoms with E-state index >= 15 is 0 Å². The minimum absolute atomic E-state index is 0. The van der Waals surface area contributed by atoms with Crippen LogP contribution in [0.25, 0.3) is 45.8 Å². The Balaban J connectivity index is 0.000000208. The molecular formula is C47H48IrN4-2. The number of pyridine rings is 2. The summed E-state index contributed by atoms with van der Waals surface area (Å²) in [4.78, 5) is 14.4. The van der Waals surface area contributed by atoms with E-state index in [1.54, 1.807) is 0 Å². The Morgan fingerprint density at radius 2 is 1.37 bits per heavy atom. The normalized spacial score (nSPS) is 15.9. The first kappa shape index (κ1) is 37.3. The number of fused-ring (bicyclic) bond motifs is 7. The van der Waals surface area contributed by atoms with Gasteiger partial charge in [0.25, 0.3) is 0 Å². The van der Waals surface area contributed by atoms with Crippen molar-refractivity contribution in [2.24, 2.45) is 16.7 Å². The standard InChI is InChI=1S/C30H28N3.C17H20N.Ir/c1-19-18-31-26(16-23(19)17-30(2,3)4)22-12-10-20-9-11-21-13-14-33-27-8-6-5-7-25(27)32-29(33)28(21)24(20)15-22;1-13-12-18-16(14-8-6-5-7-9-14)10-15(13)11-17(2,3)4;/h5-11,13-16,18,21,28H,17H2,1-4H3;5-8,10,12H,11H2,1-4H3;/q2*-1;. The van der Waals surface area contributed by atoms with Gasteiger partial charge in [0.15, 0.2) is 0 Å². The number of hydrogen-bond donors (Lipinski definition) is 0. The van der Waals surface area contributed by atoms with Gasteiger partial charge >= 0.3 is 0 Å². The van der Waals surface area contributed by atoms with E-state index in [0.29, 0.717) is 11.3 Å². The summed E-state index contributed by atoms with van der Waals surface area (Å²) in [5.41, 5.74) is 14.6. The SMILES string of the molecule is Cc1cnc(-c2[c-]cc3c(c2)C2c4nc5ccccc5n4C=CC2C=C3)cc1CC(C)(C)C.Cc1cnc(-c2[c-]cccc2)cc1CC(C)(C)C.[Ir]. The van der Waals surface area contributed by atoms with Crippen molar-refractivity contribution in [3.8, 4) is 22.5 Å². The molecule has 1 aliphatic carbocycles. The van der Waals surface area contributed by atoms with Crippen molar-refractivity contribution in [2.45, 2.75) is 74.1 Å². The molecular weight excluding hydrogens is 813 g/mol. The Hall–Kier alpha value is -4.44. The van der Waals surface area contributed by atoms with Gasteiger partial charge in [0.05, 0.1) is 11.0 Å². The van der Waals surface area contributed by atoms with Gasteiger partial charge in [-0.05, 0) is 72.2 Å². The molecule has 267 valence electrons. The molecule has 1 aliphatic heterocycles. The van der Waals surface area contributed by atoms with Crippen LogP contribution in [0.4, 0.5) is 0 Å². The molecule has 8 rings (SSSR count). The number of rotatable bonds is 4. The molecule has 0 saturated carbocycles. The maximum absolute atomic E-state index is 5.06. The second-order valence-corrected chi connectivity index (χ2v) is 16.6. The third-order valence-corrected chi connectivity index (χ3v) is 9.72. The number of aryl methyl sites for hydroxylation is 2. The molecule has 1 radical (unpaired) electrons. The van der Waals surface area contributed by atoms with E-state index in [0.717, 1.165) is 52.2 Å². The van der Waals surface area contributed by atoms with Gasteiger partial charge in [0.2, 0.25) is 0 Å². The van der Waals surface area contributed by atoms with Gasteiger partial charge in [-0.15, -0.1) is 76.9 Å². The largest absolute Gasteiger partial charge is 0.304 e. The van der Waals surface area contributed by atoms with Crippen LogP contribution in [-0.2, 0) is 32.9 Å². The number of nitrogens with zero attached hydrogens (tertiary/aromatic N) is 4. The minimum atomic E-state index is 0. The molecule has 0 fully saturated rings. The second-order valence-electron chi connectivity index (χ2n) is 16.6. The third kappa shape index (κ3) is 8.12. The maximum atomic E-state index is 5.06. The number of imidazole rings is 1. The molecule has 2 atom stereocenters. The smallest absolute Gasteiger partial charge is 0.120 e. The number of allylic oxidation sites excluding steroid dienone is 2. The van der Waals surface area contributed by atoms with E-state index in [-0.39, 0.29) is 31.4 Å². The zero-order chi connectivity index (χ0) is 35.9. The summed E-state index contributed by atoms with van der Waals surface area (Å²) in [5.74, 6) is 1.60. The van der Waals surface area contributed by atoms with Crippen molar-refractivity contribution in [1.82, 2.24) is 19.5 Å². The summed E-state index contributed by atoms with van der Waals surface area (Å²) in [6, 6.07) is 32.0. The van der Waals surface area contributed by atoms with Gasteiger partial charge in [0, 0.05) is 50.5 Å². The molecule has 0 spiro atoms. The van der Waals surface area contributed by atoms with Crippen LogP contribution < -0.4 is 0 Å². The summed E-state index contributed by atoms with van der Waals surface area (Å²) in [7, 11) is 0. The van der Waals surface area contributed by atoms with Crippen LogP contribution in [-0.4, -0.2) is 19.5 Å². The van der Waals surface area contributed by atoms with Crippen LogP contribution >= 0.6 is 0 Å². The number of para-hydroxylation sites is 2. The molecule has 52 heavy (non-hydrogen) atoms. The molecule has 3 aromatic heterocycles. The number of benzene rings is 3. The second kappa shape index (κ2) is 14.9. The predicted octanol–water partition coefficient (Wildman–Crippen LogP) is 11.5. The molecule has 2 unspecified atom stereocenters. The molecule has 2 aliphatic rings. The Kier molecular flexibility index (Phi) is 10.7. The van der Waals surface area contributed by atoms with E-state index in [1.807, 2.05) is 30.6 Å². The Morgan fingerprint density at radius 1 is 0.731 bits per heavy atom. The van der Waals surface area contributed by atoms with Crippen molar-refractivity contribution < 1.29 is 20.1 Å². The van der Waals surface area contributed by atoms with Gasteiger partial charge < -0.3 is 14.5 Å². The van der Waals surface area contributed by atoms with E-state index in [1.165, 1.54) is 33.4 Å². The predicted molar refractivity (Wildman–Crippen MR) is 212 cm³/mol. The molecule has 4 nitrogen and oxygen atoms in total. The van der Waals surface area contributed by atoms with Crippen LogP contribution in [0, 0.1) is 42.7 Å². The van der Waals surface area contributed by atoms with Gasteiger partial charge in [-0.2, -0.15) is 0 Å². The van der Waals surface area contributed by atoms with E-state index in [2.05, 4.69) is 156 Å². The topological polar surface area (TPSA) is 43.6 Å². The summed E-state index contributed by atoms with van der Waals surface area (Å²) in [6.07, 6.45) is 15.1. The van der Waals surface area contributed by atoms with E-state index < -0.39 is 0 Å². The van der Waals surface area contributed by atoms with Crippen LogP contribution in [0.5, 0.6) is 0 Å². The van der Waals surface area contributed by atoms with Crippen molar-refractivity contribution in [3.63, 3.8) is 0 Å². The van der Waals surface area contributed by atoms with Crippen molar-refractivity contribution in [1.29, 1.82) is 0 Å². The minimum Gasteiger partial charge on any atom is -0.304 e. The van der Waals surface area contributed by atoms with Gasteiger partial charge in [-0.1, -0.05) is 89.1 Å². The van der Waals surface area contributed by atoms with Crippen molar-refractivity contribution in [2.75, 3.05) is 0 Å². The summed E-state index contributed by atoms with van der Waals surface area (Å²) in [6.45, 7) is 17.9. The molecule has 4 heterocycles. The summed E-state index contributed by atoms with van der Waals surface area (Å²) >= 11 is 0. The fraction of sp³-hybridized carbons (Fsp3) is 0.298. The molecule has 5 heteroatoms. The molecule has 0 saturated heterocycles. The first-order valence-electron chi connectivity index (χ1n) is 18.1. The van der Waals surface area contributed by atoms with E-state index in [9.17, 15) is 0 Å². The summed E-state index contributed by atoms with van der Waals surface area (Å²) in [5, 5.41) is 0. The Labute approximate surface area is 323 Å². The fourth-order valence-corrected chi connectivity index (χ4v) is 7.23. The molecule has 0 N–H and O–H groups in total. The van der Waals surface area contributed by atoms with Gasteiger partial charge in [-0.25, -0.2) is 4.98 Å². The Morgan fingerprint density at radius 3 is 2.00 bits per heavy atom. The Bertz CT molecular complexity index is 2260. The average Bonchev–Trinajstić information content (AvgIpc) is 3.48. The fourth-order valence-electron chi connectivity index (χ4n) is 7.23. The zero-order valence-electron chi connectivity index (χ0n) is 31.6.